The molecule has 1 aromatic carbocycles. The molecule has 2 N–H and O–H groups in total. The first-order valence-electron chi connectivity index (χ1n) is 6.40. The zero-order chi connectivity index (χ0) is 13.9. The third-order valence-electron chi connectivity index (χ3n) is 3.27. The monoisotopic (exact) mass is 320 g/mol. The summed E-state index contributed by atoms with van der Waals surface area (Å²) in [5, 5.41) is 3.21. The molecule has 20 heavy (non-hydrogen) atoms. The average Bonchev–Trinajstić information content (AvgIpc) is 2.39. The van der Waals surface area contributed by atoms with Crippen LogP contribution in [0.1, 0.15) is 18.4 Å². The highest BCUT2D eigenvalue weighted by Crippen LogP contribution is 2.25. The Labute approximate surface area is 126 Å². The van der Waals surface area contributed by atoms with Gasteiger partial charge in [-0.2, -0.15) is 0 Å². The van der Waals surface area contributed by atoms with Crippen molar-refractivity contribution in [2.24, 2.45) is 0 Å². The maximum absolute atomic E-state index is 12.4. The van der Waals surface area contributed by atoms with E-state index in [-0.39, 0.29) is 23.3 Å². The van der Waals surface area contributed by atoms with Gasteiger partial charge in [0.1, 0.15) is 10.6 Å². The zero-order valence-corrected chi connectivity index (χ0v) is 13.3. The van der Waals surface area contributed by atoms with Crippen molar-refractivity contribution >= 4 is 22.4 Å². The molecule has 1 aromatic rings. The molecule has 5 nitrogen and oxygen atoms in total. The molecule has 0 unspecified atom stereocenters. The molecule has 1 heterocycles. The topological polar surface area (TPSA) is 67.4 Å². The van der Waals surface area contributed by atoms with E-state index in [1.54, 1.807) is 12.1 Å². The third-order valence-corrected chi connectivity index (χ3v) is 4.81. The van der Waals surface area contributed by atoms with E-state index in [1.165, 1.54) is 7.11 Å². The molecule has 0 amide bonds. The van der Waals surface area contributed by atoms with Crippen LogP contribution in [0.5, 0.6) is 5.75 Å². The Kier molecular flexibility index (Phi) is 6.26. The van der Waals surface area contributed by atoms with Gasteiger partial charge in [0.15, 0.2) is 0 Å². The number of halogens is 1. The van der Waals surface area contributed by atoms with Crippen LogP contribution in [-0.4, -0.2) is 34.7 Å². The quantitative estimate of drug-likeness (QED) is 0.881. The summed E-state index contributed by atoms with van der Waals surface area (Å²) in [5.74, 6) is 0.382. The lowest BCUT2D eigenvalue weighted by molar-refractivity contribution is 0.399. The van der Waals surface area contributed by atoms with Gasteiger partial charge in [-0.25, -0.2) is 13.1 Å². The lowest BCUT2D eigenvalue weighted by Gasteiger charge is -2.24. The van der Waals surface area contributed by atoms with E-state index in [0.29, 0.717) is 5.75 Å². The average molecular weight is 321 g/mol. The summed E-state index contributed by atoms with van der Waals surface area (Å²) in [6, 6.07) is 5.16. The number of piperidine rings is 1. The van der Waals surface area contributed by atoms with Crippen molar-refractivity contribution < 1.29 is 13.2 Å². The van der Waals surface area contributed by atoms with Gasteiger partial charge in [-0.1, -0.05) is 6.07 Å². The Morgan fingerprint density at radius 3 is 2.55 bits per heavy atom. The highest BCUT2D eigenvalue weighted by molar-refractivity contribution is 7.89. The Morgan fingerprint density at radius 2 is 1.95 bits per heavy atom. The van der Waals surface area contributed by atoms with Gasteiger partial charge >= 0.3 is 0 Å². The van der Waals surface area contributed by atoms with Crippen LogP contribution in [0.2, 0.25) is 0 Å². The Hall–Kier alpha value is -0.820. The lowest BCUT2D eigenvalue weighted by Crippen LogP contribution is -2.42. The number of rotatable bonds is 4. The molecular formula is C13H21ClN2O3S. The Morgan fingerprint density at radius 1 is 1.30 bits per heavy atom. The largest absolute Gasteiger partial charge is 0.495 e. The number of sulfonamides is 1. The fourth-order valence-electron chi connectivity index (χ4n) is 2.22. The van der Waals surface area contributed by atoms with Gasteiger partial charge in [-0.05, 0) is 50.6 Å². The number of methoxy groups -OCH3 is 1. The molecule has 2 rings (SSSR count). The summed E-state index contributed by atoms with van der Waals surface area (Å²) in [4.78, 5) is 0.216. The maximum atomic E-state index is 12.4. The first-order valence-corrected chi connectivity index (χ1v) is 7.89. The highest BCUT2D eigenvalue weighted by atomic mass is 35.5. The van der Waals surface area contributed by atoms with Crippen molar-refractivity contribution in [3.63, 3.8) is 0 Å². The molecule has 1 aliphatic rings. The standard InChI is InChI=1S/C13H20N2O3S.ClH/c1-10-3-4-12(18-2)13(9-10)19(16,17)15-11-5-7-14-8-6-11;/h3-4,9,11,14-15H,5-8H2,1-2H3;1H. The molecule has 0 saturated carbocycles. The van der Waals surface area contributed by atoms with E-state index < -0.39 is 10.0 Å². The molecule has 0 radical (unpaired) electrons. The molecule has 7 heteroatoms. The first-order chi connectivity index (χ1) is 9.03. The number of benzene rings is 1. The fourth-order valence-corrected chi connectivity index (χ4v) is 3.78. The highest BCUT2D eigenvalue weighted by Gasteiger charge is 2.24. The second-order valence-corrected chi connectivity index (χ2v) is 6.48. The summed E-state index contributed by atoms with van der Waals surface area (Å²) in [5.41, 5.74) is 0.895. The van der Waals surface area contributed by atoms with Crippen LogP contribution < -0.4 is 14.8 Å². The number of ether oxygens (including phenoxy) is 1. The van der Waals surface area contributed by atoms with E-state index in [1.807, 2.05) is 13.0 Å². The SMILES string of the molecule is COc1ccc(C)cc1S(=O)(=O)NC1CCNCC1.Cl. The second-order valence-electron chi connectivity index (χ2n) is 4.80. The summed E-state index contributed by atoms with van der Waals surface area (Å²) >= 11 is 0. The van der Waals surface area contributed by atoms with Crippen molar-refractivity contribution in [2.45, 2.75) is 30.7 Å². The van der Waals surface area contributed by atoms with E-state index in [9.17, 15) is 8.42 Å². The van der Waals surface area contributed by atoms with Crippen LogP contribution in [0.15, 0.2) is 23.1 Å². The van der Waals surface area contributed by atoms with Crippen LogP contribution in [0.4, 0.5) is 0 Å². The number of hydrogen-bond donors (Lipinski definition) is 2. The molecule has 1 aliphatic heterocycles. The number of nitrogens with one attached hydrogen (secondary N) is 2. The van der Waals surface area contributed by atoms with Gasteiger partial charge in [0, 0.05) is 6.04 Å². The fraction of sp³-hybridized carbons (Fsp3) is 0.538. The molecule has 0 atom stereocenters. The van der Waals surface area contributed by atoms with Crippen LogP contribution in [-0.2, 0) is 10.0 Å². The first kappa shape index (κ1) is 17.2. The minimum absolute atomic E-state index is 0. The molecule has 114 valence electrons. The minimum atomic E-state index is -3.53. The van der Waals surface area contributed by atoms with Crippen LogP contribution in [0, 0.1) is 6.92 Å². The molecular weight excluding hydrogens is 300 g/mol. The van der Waals surface area contributed by atoms with Gasteiger partial charge in [-0.3, -0.25) is 0 Å². The molecule has 0 spiro atoms. The van der Waals surface area contributed by atoms with Crippen molar-refractivity contribution in [2.75, 3.05) is 20.2 Å². The van der Waals surface area contributed by atoms with Crippen molar-refractivity contribution in [1.82, 2.24) is 10.0 Å². The lowest BCUT2D eigenvalue weighted by atomic mass is 10.1. The van der Waals surface area contributed by atoms with Crippen LogP contribution in [0.3, 0.4) is 0 Å². The Balaban J connectivity index is 0.00000200. The van der Waals surface area contributed by atoms with Crippen LogP contribution in [0.25, 0.3) is 0 Å². The van der Waals surface area contributed by atoms with Gasteiger partial charge < -0.3 is 10.1 Å². The van der Waals surface area contributed by atoms with E-state index >= 15 is 0 Å². The van der Waals surface area contributed by atoms with Crippen molar-refractivity contribution in [1.29, 1.82) is 0 Å². The zero-order valence-electron chi connectivity index (χ0n) is 11.7. The molecule has 0 bridgehead atoms. The summed E-state index contributed by atoms with van der Waals surface area (Å²) in [6.45, 7) is 3.55. The predicted octanol–water partition coefficient (Wildman–Crippen LogP) is 1.46. The van der Waals surface area contributed by atoms with Crippen molar-refractivity contribution in [3.05, 3.63) is 23.8 Å². The van der Waals surface area contributed by atoms with Crippen LogP contribution >= 0.6 is 12.4 Å². The van der Waals surface area contributed by atoms with E-state index in [4.69, 9.17) is 4.74 Å². The summed E-state index contributed by atoms with van der Waals surface area (Å²) in [7, 11) is -2.05. The summed E-state index contributed by atoms with van der Waals surface area (Å²) in [6.07, 6.45) is 1.63. The predicted molar refractivity (Wildman–Crippen MR) is 81.2 cm³/mol. The molecule has 0 aromatic heterocycles. The minimum Gasteiger partial charge on any atom is -0.495 e. The molecule has 1 saturated heterocycles. The second kappa shape index (κ2) is 7.26. The van der Waals surface area contributed by atoms with Gasteiger partial charge in [0.25, 0.3) is 0 Å². The summed E-state index contributed by atoms with van der Waals surface area (Å²) < 4.78 is 32.8. The Bertz CT molecular complexity index is 543. The smallest absolute Gasteiger partial charge is 0.244 e. The van der Waals surface area contributed by atoms with E-state index in [0.717, 1.165) is 31.5 Å². The molecule has 0 aliphatic carbocycles. The van der Waals surface area contributed by atoms with Gasteiger partial charge in [0.05, 0.1) is 7.11 Å². The molecule has 1 fully saturated rings. The maximum Gasteiger partial charge on any atom is 0.244 e. The third kappa shape index (κ3) is 4.09. The van der Waals surface area contributed by atoms with Gasteiger partial charge in [-0.15, -0.1) is 12.4 Å². The number of hydrogen-bond acceptors (Lipinski definition) is 4. The van der Waals surface area contributed by atoms with E-state index in [2.05, 4.69) is 10.0 Å². The van der Waals surface area contributed by atoms with Gasteiger partial charge in [0.2, 0.25) is 10.0 Å². The normalized spacial score (nSPS) is 16.5. The van der Waals surface area contributed by atoms with Crippen molar-refractivity contribution in [3.8, 4) is 5.75 Å². The number of aryl methyl sites for hydroxylation is 1.